The van der Waals surface area contributed by atoms with Crippen LogP contribution in [0.3, 0.4) is 0 Å². The smallest absolute Gasteiger partial charge is 0.0798 e. The lowest BCUT2D eigenvalue weighted by Crippen LogP contribution is -2.39. The van der Waals surface area contributed by atoms with Gasteiger partial charge in [-0.05, 0) is 51.6 Å². The quantitative estimate of drug-likeness (QED) is 0.929. The predicted octanol–water partition coefficient (Wildman–Crippen LogP) is 3.00. The molecule has 2 fully saturated rings. The van der Waals surface area contributed by atoms with E-state index in [1.807, 2.05) is 16.8 Å². The van der Waals surface area contributed by atoms with Gasteiger partial charge in [0.05, 0.1) is 11.2 Å². The molecule has 0 spiro atoms. The van der Waals surface area contributed by atoms with Crippen LogP contribution in [0.2, 0.25) is 0 Å². The van der Waals surface area contributed by atoms with Gasteiger partial charge in [-0.3, -0.25) is 4.90 Å². The molecule has 1 unspecified atom stereocenters. The van der Waals surface area contributed by atoms with Crippen LogP contribution in [0.15, 0.2) is 5.51 Å². The summed E-state index contributed by atoms with van der Waals surface area (Å²) in [7, 11) is 0. The molecule has 0 aromatic carbocycles. The summed E-state index contributed by atoms with van der Waals surface area (Å²) >= 11 is 1.84. The number of nitrogens with zero attached hydrogens (tertiary/aromatic N) is 2. The second kappa shape index (κ2) is 6.53. The molecule has 1 aliphatic heterocycles. The molecule has 1 atom stereocenters. The first kappa shape index (κ1) is 15.2. The van der Waals surface area contributed by atoms with Crippen molar-refractivity contribution in [1.82, 2.24) is 9.88 Å². The third kappa shape index (κ3) is 3.69. The molecule has 108 valence electrons. The molecule has 2 heterocycles. The number of piperidine rings is 1. The minimum atomic E-state index is 0. The van der Waals surface area contributed by atoms with E-state index in [0.717, 1.165) is 18.4 Å². The first-order chi connectivity index (χ1) is 8.74. The van der Waals surface area contributed by atoms with E-state index in [9.17, 15) is 0 Å². The molecule has 1 saturated carbocycles. The maximum absolute atomic E-state index is 5.99. The van der Waals surface area contributed by atoms with E-state index >= 15 is 0 Å². The fourth-order valence-electron chi connectivity index (χ4n) is 2.93. The van der Waals surface area contributed by atoms with Crippen LogP contribution >= 0.6 is 23.7 Å². The molecule has 1 aromatic heterocycles. The van der Waals surface area contributed by atoms with Crippen molar-refractivity contribution in [3.63, 3.8) is 0 Å². The molecule has 2 N–H and O–H groups in total. The average Bonchev–Trinajstić information content (AvgIpc) is 3.11. The van der Waals surface area contributed by atoms with E-state index in [1.54, 1.807) is 0 Å². The molecular formula is C14H24ClN3S. The largest absolute Gasteiger partial charge is 0.328 e. The summed E-state index contributed by atoms with van der Waals surface area (Å²) in [5.74, 6) is 1.51. The van der Waals surface area contributed by atoms with Gasteiger partial charge in [0, 0.05) is 23.4 Å². The van der Waals surface area contributed by atoms with Gasteiger partial charge >= 0.3 is 0 Å². The van der Waals surface area contributed by atoms with Crippen LogP contribution < -0.4 is 5.73 Å². The Labute approximate surface area is 126 Å². The van der Waals surface area contributed by atoms with Gasteiger partial charge in [-0.1, -0.05) is 0 Å². The van der Waals surface area contributed by atoms with Crippen LogP contribution in [0.4, 0.5) is 0 Å². The Morgan fingerprint density at radius 2 is 2.05 bits per heavy atom. The lowest BCUT2D eigenvalue weighted by molar-refractivity contribution is 0.166. The summed E-state index contributed by atoms with van der Waals surface area (Å²) in [6, 6.07) is 0.359. The van der Waals surface area contributed by atoms with Gasteiger partial charge in [-0.25, -0.2) is 4.98 Å². The molecule has 19 heavy (non-hydrogen) atoms. The van der Waals surface area contributed by atoms with Crippen LogP contribution in [0, 0.1) is 5.92 Å². The lowest BCUT2D eigenvalue weighted by Gasteiger charge is -2.33. The zero-order valence-corrected chi connectivity index (χ0v) is 13.2. The SMILES string of the molecule is CC(N)C1CCN(Cc2scnc2C2CC2)CC1.Cl. The first-order valence-corrected chi connectivity index (χ1v) is 8.02. The zero-order chi connectivity index (χ0) is 12.5. The van der Waals surface area contributed by atoms with Crippen LogP contribution in [0.25, 0.3) is 0 Å². The topological polar surface area (TPSA) is 42.1 Å². The van der Waals surface area contributed by atoms with Crippen molar-refractivity contribution in [2.75, 3.05) is 13.1 Å². The summed E-state index contributed by atoms with van der Waals surface area (Å²) in [5.41, 5.74) is 9.42. The molecule has 0 amide bonds. The van der Waals surface area contributed by atoms with Crippen molar-refractivity contribution in [3.05, 3.63) is 16.1 Å². The number of hydrogen-bond acceptors (Lipinski definition) is 4. The van der Waals surface area contributed by atoms with Gasteiger partial charge in [-0.2, -0.15) is 0 Å². The standard InChI is InChI=1S/C14H23N3S.ClH/c1-10(15)11-4-6-17(7-5-11)8-13-14(12-2-3-12)16-9-18-13;/h9-12H,2-8,15H2,1H3;1H. The Bertz CT molecular complexity index is 395. The molecule has 2 aliphatic rings. The highest BCUT2D eigenvalue weighted by Crippen LogP contribution is 2.42. The van der Waals surface area contributed by atoms with Gasteiger partial charge in [0.1, 0.15) is 0 Å². The third-order valence-corrected chi connectivity index (χ3v) is 5.21. The monoisotopic (exact) mass is 301 g/mol. The number of halogens is 1. The van der Waals surface area contributed by atoms with Crippen molar-refractivity contribution in [3.8, 4) is 0 Å². The number of hydrogen-bond donors (Lipinski definition) is 1. The molecule has 3 rings (SSSR count). The molecule has 0 bridgehead atoms. The Morgan fingerprint density at radius 3 is 2.63 bits per heavy atom. The molecule has 3 nitrogen and oxygen atoms in total. The molecule has 1 aliphatic carbocycles. The zero-order valence-electron chi connectivity index (χ0n) is 11.5. The fraction of sp³-hybridized carbons (Fsp3) is 0.786. The van der Waals surface area contributed by atoms with E-state index < -0.39 is 0 Å². The number of thiazole rings is 1. The highest BCUT2D eigenvalue weighted by atomic mass is 35.5. The summed E-state index contributed by atoms with van der Waals surface area (Å²) in [5, 5.41) is 0. The van der Waals surface area contributed by atoms with Crippen molar-refractivity contribution in [1.29, 1.82) is 0 Å². The average molecular weight is 302 g/mol. The summed E-state index contributed by atoms with van der Waals surface area (Å²) in [4.78, 5) is 8.65. The molecule has 1 aromatic rings. The van der Waals surface area contributed by atoms with E-state index in [-0.39, 0.29) is 12.4 Å². The Balaban J connectivity index is 0.00000133. The minimum absolute atomic E-state index is 0. The van der Waals surface area contributed by atoms with Crippen molar-refractivity contribution in [2.24, 2.45) is 11.7 Å². The maximum Gasteiger partial charge on any atom is 0.0798 e. The molecule has 1 saturated heterocycles. The van der Waals surface area contributed by atoms with Gasteiger partial charge in [0.2, 0.25) is 0 Å². The second-order valence-electron chi connectivity index (χ2n) is 5.91. The highest BCUT2D eigenvalue weighted by molar-refractivity contribution is 7.09. The second-order valence-corrected chi connectivity index (χ2v) is 6.85. The van der Waals surface area contributed by atoms with Crippen molar-refractivity contribution in [2.45, 2.75) is 51.1 Å². The minimum Gasteiger partial charge on any atom is -0.328 e. The van der Waals surface area contributed by atoms with Gasteiger partial charge < -0.3 is 5.73 Å². The number of aromatic nitrogens is 1. The Morgan fingerprint density at radius 1 is 1.37 bits per heavy atom. The molecule has 0 radical (unpaired) electrons. The fourth-order valence-corrected chi connectivity index (χ4v) is 3.82. The normalized spacial score (nSPS) is 23.1. The highest BCUT2D eigenvalue weighted by Gasteiger charge is 2.29. The first-order valence-electron chi connectivity index (χ1n) is 7.14. The number of nitrogens with two attached hydrogens (primary N) is 1. The Kier molecular flexibility index (Phi) is 5.23. The van der Waals surface area contributed by atoms with E-state index in [2.05, 4.69) is 16.8 Å². The number of likely N-dealkylation sites (tertiary alicyclic amines) is 1. The third-order valence-electron chi connectivity index (χ3n) is 4.38. The van der Waals surface area contributed by atoms with Gasteiger partial charge in [0.15, 0.2) is 0 Å². The van der Waals surface area contributed by atoms with Crippen molar-refractivity contribution < 1.29 is 0 Å². The van der Waals surface area contributed by atoms with Crippen LogP contribution in [-0.4, -0.2) is 29.0 Å². The van der Waals surface area contributed by atoms with E-state index in [1.165, 1.54) is 49.3 Å². The van der Waals surface area contributed by atoms with E-state index in [0.29, 0.717) is 6.04 Å². The number of rotatable bonds is 4. The summed E-state index contributed by atoms with van der Waals surface area (Å²) in [6.45, 7) is 5.67. The van der Waals surface area contributed by atoms with Crippen LogP contribution in [-0.2, 0) is 6.54 Å². The van der Waals surface area contributed by atoms with Crippen LogP contribution in [0.1, 0.15) is 49.1 Å². The summed E-state index contributed by atoms with van der Waals surface area (Å²) < 4.78 is 0. The lowest BCUT2D eigenvalue weighted by atomic mass is 9.91. The van der Waals surface area contributed by atoms with Gasteiger partial charge in [-0.15, -0.1) is 23.7 Å². The Hall–Kier alpha value is -0.160. The van der Waals surface area contributed by atoms with Gasteiger partial charge in [0.25, 0.3) is 0 Å². The predicted molar refractivity (Wildman–Crippen MR) is 83.0 cm³/mol. The van der Waals surface area contributed by atoms with Crippen molar-refractivity contribution >= 4 is 23.7 Å². The summed E-state index contributed by atoms with van der Waals surface area (Å²) in [6.07, 6.45) is 5.22. The van der Waals surface area contributed by atoms with E-state index in [4.69, 9.17) is 5.73 Å². The molecular weight excluding hydrogens is 278 g/mol. The maximum atomic E-state index is 5.99. The molecule has 5 heteroatoms. The van der Waals surface area contributed by atoms with Crippen LogP contribution in [0.5, 0.6) is 0 Å².